The number of amides is 1. The first-order valence-electron chi connectivity index (χ1n) is 9.66. The Labute approximate surface area is 153 Å². The molecule has 0 bridgehead atoms. The zero-order chi connectivity index (χ0) is 17.5. The van der Waals surface area contributed by atoms with Crippen LogP contribution in [-0.4, -0.2) is 39.5 Å². The highest BCUT2D eigenvalue weighted by Crippen LogP contribution is 2.36. The van der Waals surface area contributed by atoms with E-state index in [1.165, 1.54) is 18.4 Å². The fourth-order valence-electron chi connectivity index (χ4n) is 4.69. The fourth-order valence-corrected chi connectivity index (χ4v) is 4.69. The Kier molecular flexibility index (Phi) is 3.84. The van der Waals surface area contributed by atoms with Crippen molar-refractivity contribution in [2.24, 2.45) is 0 Å². The third-order valence-corrected chi connectivity index (χ3v) is 5.91. The SMILES string of the molecule is O=C1CN(c2nc(-c3ccncc3)nc3c2CCC3)C2CCCCC2N1. The Morgan fingerprint density at radius 3 is 2.77 bits per heavy atom. The van der Waals surface area contributed by atoms with Crippen molar-refractivity contribution in [1.82, 2.24) is 20.3 Å². The molecule has 2 unspecified atom stereocenters. The third-order valence-electron chi connectivity index (χ3n) is 5.91. The lowest BCUT2D eigenvalue weighted by atomic mass is 9.87. The number of piperazine rings is 1. The van der Waals surface area contributed by atoms with Crippen LogP contribution in [0.5, 0.6) is 0 Å². The van der Waals surface area contributed by atoms with E-state index in [1.807, 2.05) is 12.1 Å². The predicted octanol–water partition coefficient (Wildman–Crippen LogP) is 2.27. The topological polar surface area (TPSA) is 71.0 Å². The highest BCUT2D eigenvalue weighted by molar-refractivity contribution is 5.84. The van der Waals surface area contributed by atoms with Gasteiger partial charge in [0.15, 0.2) is 5.82 Å². The van der Waals surface area contributed by atoms with E-state index in [0.29, 0.717) is 12.6 Å². The maximum Gasteiger partial charge on any atom is 0.239 e. The predicted molar refractivity (Wildman–Crippen MR) is 98.8 cm³/mol. The van der Waals surface area contributed by atoms with E-state index >= 15 is 0 Å². The third kappa shape index (κ3) is 2.64. The van der Waals surface area contributed by atoms with Gasteiger partial charge in [-0.05, 0) is 44.2 Å². The van der Waals surface area contributed by atoms with Crippen LogP contribution < -0.4 is 10.2 Å². The van der Waals surface area contributed by atoms with Crippen LogP contribution in [0, 0.1) is 0 Å². The van der Waals surface area contributed by atoms with Crippen molar-refractivity contribution < 1.29 is 4.79 Å². The fraction of sp³-hybridized carbons (Fsp3) is 0.500. The molecule has 1 N–H and O–H groups in total. The summed E-state index contributed by atoms with van der Waals surface area (Å²) < 4.78 is 0. The van der Waals surface area contributed by atoms with Crippen LogP contribution in [0.25, 0.3) is 11.4 Å². The number of rotatable bonds is 2. The number of nitrogens with zero attached hydrogens (tertiary/aromatic N) is 4. The Morgan fingerprint density at radius 2 is 1.88 bits per heavy atom. The summed E-state index contributed by atoms with van der Waals surface area (Å²) in [6.07, 6.45) is 11.3. The Hall–Kier alpha value is -2.50. The van der Waals surface area contributed by atoms with E-state index in [0.717, 1.165) is 55.0 Å². The molecular weight excluding hydrogens is 326 g/mol. The zero-order valence-corrected chi connectivity index (χ0v) is 14.8. The number of fused-ring (bicyclic) bond motifs is 2. The van der Waals surface area contributed by atoms with Gasteiger partial charge in [-0.25, -0.2) is 9.97 Å². The molecule has 2 aliphatic carbocycles. The summed E-state index contributed by atoms with van der Waals surface area (Å²) in [5, 5.41) is 3.20. The minimum absolute atomic E-state index is 0.115. The summed E-state index contributed by atoms with van der Waals surface area (Å²) in [5.41, 5.74) is 3.39. The van der Waals surface area contributed by atoms with E-state index in [4.69, 9.17) is 9.97 Å². The lowest BCUT2D eigenvalue weighted by Crippen LogP contribution is -2.62. The number of anilines is 1. The van der Waals surface area contributed by atoms with Crippen molar-refractivity contribution >= 4 is 11.7 Å². The molecule has 1 aliphatic heterocycles. The van der Waals surface area contributed by atoms with Gasteiger partial charge in [0.25, 0.3) is 0 Å². The summed E-state index contributed by atoms with van der Waals surface area (Å²) in [4.78, 5) is 28.5. The van der Waals surface area contributed by atoms with Crippen LogP contribution in [0.1, 0.15) is 43.4 Å². The van der Waals surface area contributed by atoms with Crippen LogP contribution in [-0.2, 0) is 17.6 Å². The molecule has 1 saturated carbocycles. The van der Waals surface area contributed by atoms with Gasteiger partial charge in [-0.3, -0.25) is 9.78 Å². The van der Waals surface area contributed by atoms with Crippen LogP contribution in [0.4, 0.5) is 5.82 Å². The molecule has 2 fully saturated rings. The van der Waals surface area contributed by atoms with Gasteiger partial charge in [-0.1, -0.05) is 12.8 Å². The lowest BCUT2D eigenvalue weighted by Gasteiger charge is -2.45. The van der Waals surface area contributed by atoms with Crippen molar-refractivity contribution in [3.63, 3.8) is 0 Å². The van der Waals surface area contributed by atoms with Gasteiger partial charge in [0.2, 0.25) is 5.91 Å². The molecule has 6 heteroatoms. The Bertz CT molecular complexity index is 838. The quantitative estimate of drug-likeness (QED) is 0.901. The molecule has 134 valence electrons. The lowest BCUT2D eigenvalue weighted by molar-refractivity contribution is -0.122. The van der Waals surface area contributed by atoms with E-state index in [9.17, 15) is 4.79 Å². The molecule has 3 heterocycles. The second kappa shape index (κ2) is 6.34. The van der Waals surface area contributed by atoms with Crippen molar-refractivity contribution in [2.75, 3.05) is 11.4 Å². The van der Waals surface area contributed by atoms with Crippen LogP contribution in [0.15, 0.2) is 24.5 Å². The van der Waals surface area contributed by atoms with Gasteiger partial charge in [0, 0.05) is 35.3 Å². The normalized spacial score (nSPS) is 24.8. The smallest absolute Gasteiger partial charge is 0.239 e. The van der Waals surface area contributed by atoms with E-state index in [2.05, 4.69) is 15.2 Å². The maximum atomic E-state index is 12.4. The largest absolute Gasteiger partial charge is 0.350 e. The standard InChI is InChI=1S/C20H23N5O/c26-18-12-25(17-7-2-1-5-16(17)22-18)20-14-4-3-6-15(14)23-19(24-20)13-8-10-21-11-9-13/h8-11,16-17H,1-7,12H2,(H,22,26). The van der Waals surface area contributed by atoms with Crippen LogP contribution in [0.3, 0.4) is 0 Å². The molecule has 1 saturated heterocycles. The number of pyridine rings is 1. The maximum absolute atomic E-state index is 12.4. The molecule has 3 aliphatic rings. The van der Waals surface area contributed by atoms with Crippen molar-refractivity contribution in [1.29, 1.82) is 0 Å². The summed E-state index contributed by atoms with van der Waals surface area (Å²) in [6, 6.07) is 4.51. The molecular formula is C20H23N5O. The van der Waals surface area contributed by atoms with Gasteiger partial charge in [-0.2, -0.15) is 0 Å². The number of hydrogen-bond donors (Lipinski definition) is 1. The minimum atomic E-state index is 0.115. The first-order valence-corrected chi connectivity index (χ1v) is 9.66. The van der Waals surface area contributed by atoms with Crippen LogP contribution >= 0.6 is 0 Å². The summed E-state index contributed by atoms with van der Waals surface area (Å²) >= 11 is 0. The molecule has 2 aromatic rings. The molecule has 1 amide bonds. The second-order valence-corrected chi connectivity index (χ2v) is 7.54. The molecule has 2 atom stereocenters. The molecule has 5 rings (SSSR count). The Balaban J connectivity index is 1.61. The van der Waals surface area contributed by atoms with E-state index in [-0.39, 0.29) is 11.9 Å². The van der Waals surface area contributed by atoms with Gasteiger partial charge in [0.1, 0.15) is 5.82 Å². The average Bonchev–Trinajstić information content (AvgIpc) is 3.16. The van der Waals surface area contributed by atoms with Gasteiger partial charge < -0.3 is 10.2 Å². The summed E-state index contributed by atoms with van der Waals surface area (Å²) in [6.45, 7) is 0.403. The highest BCUT2D eigenvalue weighted by atomic mass is 16.2. The first-order chi connectivity index (χ1) is 12.8. The molecule has 26 heavy (non-hydrogen) atoms. The molecule has 0 radical (unpaired) electrons. The van der Waals surface area contributed by atoms with E-state index in [1.54, 1.807) is 12.4 Å². The number of aromatic nitrogens is 3. The van der Waals surface area contributed by atoms with E-state index < -0.39 is 0 Å². The first kappa shape index (κ1) is 15.7. The summed E-state index contributed by atoms with van der Waals surface area (Å²) in [5.74, 6) is 1.86. The zero-order valence-electron chi connectivity index (χ0n) is 14.8. The number of carbonyl (C=O) groups excluding carboxylic acids is 1. The van der Waals surface area contributed by atoms with Crippen molar-refractivity contribution in [3.8, 4) is 11.4 Å². The van der Waals surface area contributed by atoms with Crippen LogP contribution in [0.2, 0.25) is 0 Å². The van der Waals surface area contributed by atoms with Gasteiger partial charge >= 0.3 is 0 Å². The molecule has 6 nitrogen and oxygen atoms in total. The Morgan fingerprint density at radius 1 is 1.04 bits per heavy atom. The minimum Gasteiger partial charge on any atom is -0.350 e. The number of nitrogens with one attached hydrogen (secondary N) is 1. The van der Waals surface area contributed by atoms with Gasteiger partial charge in [-0.15, -0.1) is 0 Å². The molecule has 0 spiro atoms. The summed E-state index contributed by atoms with van der Waals surface area (Å²) in [7, 11) is 0. The highest BCUT2D eigenvalue weighted by Gasteiger charge is 2.38. The van der Waals surface area contributed by atoms with Crippen molar-refractivity contribution in [3.05, 3.63) is 35.8 Å². The second-order valence-electron chi connectivity index (χ2n) is 7.54. The van der Waals surface area contributed by atoms with Crippen molar-refractivity contribution in [2.45, 2.75) is 57.0 Å². The average molecular weight is 349 g/mol. The number of hydrogen-bond acceptors (Lipinski definition) is 5. The van der Waals surface area contributed by atoms with Gasteiger partial charge in [0.05, 0.1) is 12.6 Å². The number of carbonyl (C=O) groups is 1. The molecule has 2 aromatic heterocycles. The monoisotopic (exact) mass is 349 g/mol. The molecule has 0 aromatic carbocycles. The number of aryl methyl sites for hydroxylation is 1.